The molecular formula is C12H16N6O. The molecule has 1 aliphatic rings. The van der Waals surface area contributed by atoms with Crippen LogP contribution in [0.15, 0.2) is 12.7 Å². The van der Waals surface area contributed by atoms with E-state index in [0.717, 1.165) is 18.9 Å². The first-order valence-electron chi connectivity index (χ1n) is 6.23. The standard InChI is InChI=1S/C12H16N6O/c1-2-3-8-14-9-10(13)16-12(17-11(9)15-8)18-4-6-19-7-5-18/h2H,1,3-7H2,(H3,13,14,15,16,17). The van der Waals surface area contributed by atoms with E-state index in [9.17, 15) is 0 Å². The van der Waals surface area contributed by atoms with Gasteiger partial charge >= 0.3 is 0 Å². The van der Waals surface area contributed by atoms with E-state index < -0.39 is 0 Å². The second-order valence-corrected chi connectivity index (χ2v) is 4.38. The van der Waals surface area contributed by atoms with Gasteiger partial charge in [-0.1, -0.05) is 6.08 Å². The van der Waals surface area contributed by atoms with Crippen molar-refractivity contribution in [3.63, 3.8) is 0 Å². The molecule has 0 saturated carbocycles. The molecule has 100 valence electrons. The second-order valence-electron chi connectivity index (χ2n) is 4.38. The topological polar surface area (TPSA) is 92.9 Å². The van der Waals surface area contributed by atoms with E-state index in [1.165, 1.54) is 0 Å². The van der Waals surface area contributed by atoms with E-state index in [1.807, 2.05) is 0 Å². The van der Waals surface area contributed by atoms with Crippen LogP contribution in [-0.4, -0.2) is 46.2 Å². The minimum absolute atomic E-state index is 0.425. The second kappa shape index (κ2) is 4.85. The molecule has 0 bridgehead atoms. The molecule has 3 rings (SSSR count). The predicted octanol–water partition coefficient (Wildman–Crippen LogP) is 0.500. The van der Waals surface area contributed by atoms with Gasteiger partial charge < -0.3 is 20.4 Å². The smallest absolute Gasteiger partial charge is 0.229 e. The molecule has 3 heterocycles. The molecule has 0 amide bonds. The molecule has 0 unspecified atom stereocenters. The first kappa shape index (κ1) is 11.9. The van der Waals surface area contributed by atoms with Crippen molar-refractivity contribution >= 4 is 22.9 Å². The van der Waals surface area contributed by atoms with E-state index >= 15 is 0 Å². The van der Waals surface area contributed by atoms with Crippen LogP contribution in [0, 0.1) is 0 Å². The van der Waals surface area contributed by atoms with Gasteiger partial charge in [0.15, 0.2) is 11.5 Å². The van der Waals surface area contributed by atoms with Crippen LogP contribution in [0.25, 0.3) is 11.2 Å². The maximum absolute atomic E-state index is 5.97. The fourth-order valence-electron chi connectivity index (χ4n) is 2.09. The number of aromatic amines is 1. The molecule has 0 spiro atoms. The van der Waals surface area contributed by atoms with E-state index in [4.69, 9.17) is 10.5 Å². The number of H-pyrrole nitrogens is 1. The molecule has 2 aromatic rings. The lowest BCUT2D eigenvalue weighted by atomic mass is 10.4. The Balaban J connectivity index is 1.99. The van der Waals surface area contributed by atoms with Gasteiger partial charge in [-0.2, -0.15) is 9.97 Å². The number of hydrogen-bond acceptors (Lipinski definition) is 6. The summed E-state index contributed by atoms with van der Waals surface area (Å²) in [6.45, 7) is 6.60. The number of anilines is 2. The minimum atomic E-state index is 0.425. The Bertz CT molecular complexity index is 602. The van der Waals surface area contributed by atoms with Crippen molar-refractivity contribution in [2.75, 3.05) is 36.9 Å². The van der Waals surface area contributed by atoms with Crippen LogP contribution in [0.3, 0.4) is 0 Å². The first-order chi connectivity index (χ1) is 9.28. The van der Waals surface area contributed by atoms with Crippen molar-refractivity contribution in [3.8, 4) is 0 Å². The molecule has 1 fully saturated rings. The van der Waals surface area contributed by atoms with Crippen molar-refractivity contribution in [1.29, 1.82) is 0 Å². The maximum Gasteiger partial charge on any atom is 0.229 e. The number of allylic oxidation sites excluding steroid dienone is 1. The molecule has 7 heteroatoms. The van der Waals surface area contributed by atoms with Gasteiger partial charge in [-0.15, -0.1) is 6.58 Å². The third-order valence-electron chi connectivity index (χ3n) is 3.05. The number of nitrogen functional groups attached to an aromatic ring is 1. The van der Waals surface area contributed by atoms with Crippen molar-refractivity contribution in [2.24, 2.45) is 0 Å². The third-order valence-corrected chi connectivity index (χ3v) is 3.05. The van der Waals surface area contributed by atoms with Crippen molar-refractivity contribution in [2.45, 2.75) is 6.42 Å². The minimum Gasteiger partial charge on any atom is -0.382 e. The molecule has 0 aliphatic carbocycles. The lowest BCUT2D eigenvalue weighted by Crippen LogP contribution is -2.37. The van der Waals surface area contributed by atoms with Crippen LogP contribution < -0.4 is 10.6 Å². The number of ether oxygens (including phenoxy) is 1. The zero-order chi connectivity index (χ0) is 13.2. The van der Waals surface area contributed by atoms with Gasteiger partial charge in [0.2, 0.25) is 5.95 Å². The highest BCUT2D eigenvalue weighted by molar-refractivity contribution is 5.82. The molecule has 0 radical (unpaired) electrons. The molecule has 3 N–H and O–H groups in total. The van der Waals surface area contributed by atoms with Gasteiger partial charge in [-0.25, -0.2) is 4.98 Å². The van der Waals surface area contributed by atoms with E-state index in [0.29, 0.717) is 42.6 Å². The van der Waals surface area contributed by atoms with Crippen LogP contribution in [-0.2, 0) is 11.2 Å². The Morgan fingerprint density at radius 1 is 1.32 bits per heavy atom. The van der Waals surface area contributed by atoms with Crippen LogP contribution in [0.5, 0.6) is 0 Å². The molecule has 7 nitrogen and oxygen atoms in total. The third kappa shape index (κ3) is 2.24. The number of hydrogen-bond donors (Lipinski definition) is 2. The number of nitrogens with two attached hydrogens (primary N) is 1. The summed E-state index contributed by atoms with van der Waals surface area (Å²) in [5.74, 6) is 1.84. The predicted molar refractivity (Wildman–Crippen MR) is 73.0 cm³/mol. The number of rotatable bonds is 3. The van der Waals surface area contributed by atoms with Crippen molar-refractivity contribution in [3.05, 3.63) is 18.5 Å². The normalized spacial score (nSPS) is 15.9. The summed E-state index contributed by atoms with van der Waals surface area (Å²) in [5, 5.41) is 0. The summed E-state index contributed by atoms with van der Waals surface area (Å²) in [6, 6.07) is 0. The average molecular weight is 260 g/mol. The summed E-state index contributed by atoms with van der Waals surface area (Å²) in [5.41, 5.74) is 7.26. The van der Waals surface area contributed by atoms with E-state index in [-0.39, 0.29) is 0 Å². The van der Waals surface area contributed by atoms with Gasteiger partial charge in [0, 0.05) is 19.5 Å². The highest BCUT2D eigenvalue weighted by Crippen LogP contribution is 2.20. The van der Waals surface area contributed by atoms with Gasteiger partial charge in [-0.3, -0.25) is 0 Å². The van der Waals surface area contributed by atoms with Crippen LogP contribution in [0.2, 0.25) is 0 Å². The molecule has 0 aromatic carbocycles. The van der Waals surface area contributed by atoms with Crippen LogP contribution in [0.4, 0.5) is 11.8 Å². The Hall–Kier alpha value is -2.15. The largest absolute Gasteiger partial charge is 0.382 e. The number of aromatic nitrogens is 4. The maximum atomic E-state index is 5.97. The van der Waals surface area contributed by atoms with Gasteiger partial charge in [0.05, 0.1) is 13.2 Å². The monoisotopic (exact) mass is 260 g/mol. The molecule has 1 aliphatic heterocycles. The fraction of sp³-hybridized carbons (Fsp3) is 0.417. The summed E-state index contributed by atoms with van der Waals surface area (Å²) in [7, 11) is 0. The van der Waals surface area contributed by atoms with Gasteiger partial charge in [0.1, 0.15) is 11.3 Å². The van der Waals surface area contributed by atoms with E-state index in [2.05, 4.69) is 31.4 Å². The van der Waals surface area contributed by atoms with Crippen LogP contribution >= 0.6 is 0 Å². The number of nitrogens with zero attached hydrogens (tertiary/aromatic N) is 4. The molecule has 1 saturated heterocycles. The molecule has 19 heavy (non-hydrogen) atoms. The Labute approximate surface area is 110 Å². The zero-order valence-corrected chi connectivity index (χ0v) is 10.6. The SMILES string of the molecule is C=CCc1nc2nc(N3CCOCC3)nc(N)c2[nH]1. The lowest BCUT2D eigenvalue weighted by molar-refractivity contribution is 0.122. The highest BCUT2D eigenvalue weighted by atomic mass is 16.5. The summed E-state index contributed by atoms with van der Waals surface area (Å²) >= 11 is 0. The van der Waals surface area contributed by atoms with Crippen LogP contribution in [0.1, 0.15) is 5.82 Å². The lowest BCUT2D eigenvalue weighted by Gasteiger charge is -2.26. The molecule has 2 aromatic heterocycles. The summed E-state index contributed by atoms with van der Waals surface area (Å²) in [6.07, 6.45) is 2.44. The number of fused-ring (bicyclic) bond motifs is 1. The molecular weight excluding hydrogens is 244 g/mol. The number of imidazole rings is 1. The number of morpholine rings is 1. The Morgan fingerprint density at radius 2 is 2.11 bits per heavy atom. The van der Waals surface area contributed by atoms with Crippen molar-refractivity contribution in [1.82, 2.24) is 19.9 Å². The number of nitrogens with one attached hydrogen (secondary N) is 1. The van der Waals surface area contributed by atoms with Gasteiger partial charge in [0.25, 0.3) is 0 Å². The van der Waals surface area contributed by atoms with E-state index in [1.54, 1.807) is 6.08 Å². The quantitative estimate of drug-likeness (QED) is 0.781. The first-order valence-corrected chi connectivity index (χ1v) is 6.23. The zero-order valence-electron chi connectivity index (χ0n) is 10.6. The van der Waals surface area contributed by atoms with Crippen molar-refractivity contribution < 1.29 is 4.74 Å². The fourth-order valence-corrected chi connectivity index (χ4v) is 2.09. The van der Waals surface area contributed by atoms with Gasteiger partial charge in [-0.05, 0) is 0 Å². The summed E-state index contributed by atoms with van der Waals surface area (Å²) in [4.78, 5) is 18.4. The molecule has 0 atom stereocenters. The summed E-state index contributed by atoms with van der Waals surface area (Å²) < 4.78 is 5.31. The average Bonchev–Trinajstić information content (AvgIpc) is 2.83. The highest BCUT2D eigenvalue weighted by Gasteiger charge is 2.17. The Kier molecular flexibility index (Phi) is 3.04. The Morgan fingerprint density at radius 3 is 2.84 bits per heavy atom.